The van der Waals surface area contributed by atoms with E-state index in [2.05, 4.69) is 9.71 Å². The number of nitrogens with zero attached hydrogens (tertiary/aromatic N) is 2. The highest BCUT2D eigenvalue weighted by Gasteiger charge is 2.18. The summed E-state index contributed by atoms with van der Waals surface area (Å²) in [7, 11) is -2.07. The molecule has 0 bridgehead atoms. The van der Waals surface area contributed by atoms with Gasteiger partial charge in [0.15, 0.2) is 5.03 Å². The number of benzene rings is 1. The van der Waals surface area contributed by atoms with Crippen molar-refractivity contribution in [1.29, 1.82) is 0 Å². The minimum Gasteiger partial charge on any atom is -0.399 e. The minimum atomic E-state index is -3.75. The van der Waals surface area contributed by atoms with E-state index in [1.54, 1.807) is 13.1 Å². The standard InChI is InChI=1S/C10H11ClN4O2S/c1-15-5-10(13-6-15)18(16,17)14-9-4-7(12)2-3-8(9)11/h2-6,14H,12H2,1H3. The van der Waals surface area contributed by atoms with E-state index in [-0.39, 0.29) is 15.7 Å². The predicted octanol–water partition coefficient (Wildman–Crippen LogP) is 1.46. The molecule has 0 unspecified atom stereocenters. The molecule has 0 saturated heterocycles. The highest BCUT2D eigenvalue weighted by molar-refractivity contribution is 7.92. The van der Waals surface area contributed by atoms with Crippen LogP contribution in [0, 0.1) is 0 Å². The maximum absolute atomic E-state index is 12.0. The van der Waals surface area contributed by atoms with Crippen molar-refractivity contribution in [1.82, 2.24) is 9.55 Å². The van der Waals surface area contributed by atoms with Gasteiger partial charge in [0.25, 0.3) is 10.0 Å². The van der Waals surface area contributed by atoms with Gasteiger partial charge in [-0.1, -0.05) is 11.6 Å². The summed E-state index contributed by atoms with van der Waals surface area (Å²) in [5.74, 6) is 0. The summed E-state index contributed by atoms with van der Waals surface area (Å²) in [5, 5.41) is 0.187. The second-order valence-electron chi connectivity index (χ2n) is 3.72. The monoisotopic (exact) mass is 286 g/mol. The Kier molecular flexibility index (Phi) is 3.18. The molecule has 0 aliphatic rings. The van der Waals surface area contributed by atoms with E-state index in [0.717, 1.165) is 0 Å². The summed E-state index contributed by atoms with van der Waals surface area (Å²) < 4.78 is 27.9. The Hall–Kier alpha value is -1.73. The Balaban J connectivity index is 2.36. The number of halogens is 1. The van der Waals surface area contributed by atoms with Gasteiger partial charge in [-0.15, -0.1) is 0 Å². The van der Waals surface area contributed by atoms with Gasteiger partial charge in [0.05, 0.1) is 17.0 Å². The summed E-state index contributed by atoms with van der Waals surface area (Å²) >= 11 is 5.89. The lowest BCUT2D eigenvalue weighted by Crippen LogP contribution is -2.13. The smallest absolute Gasteiger partial charge is 0.280 e. The number of imidazole rings is 1. The number of rotatable bonds is 3. The summed E-state index contributed by atoms with van der Waals surface area (Å²) in [4.78, 5) is 3.77. The molecule has 3 N–H and O–H groups in total. The molecule has 6 nitrogen and oxygen atoms in total. The first-order valence-electron chi connectivity index (χ1n) is 4.94. The fourth-order valence-electron chi connectivity index (χ4n) is 1.35. The van der Waals surface area contributed by atoms with Gasteiger partial charge in [-0.05, 0) is 18.2 Å². The third-order valence-electron chi connectivity index (χ3n) is 2.19. The summed E-state index contributed by atoms with van der Waals surface area (Å²) in [6.45, 7) is 0. The molecule has 1 aromatic carbocycles. The highest BCUT2D eigenvalue weighted by atomic mass is 35.5. The van der Waals surface area contributed by atoms with E-state index in [1.165, 1.54) is 29.2 Å². The van der Waals surface area contributed by atoms with Crippen molar-refractivity contribution in [2.24, 2.45) is 7.05 Å². The molecule has 0 amide bonds. The zero-order chi connectivity index (χ0) is 13.3. The van der Waals surface area contributed by atoms with Crippen LogP contribution in [0.2, 0.25) is 5.02 Å². The fraction of sp³-hybridized carbons (Fsp3) is 0.100. The van der Waals surface area contributed by atoms with E-state index < -0.39 is 10.0 Å². The zero-order valence-corrected chi connectivity index (χ0v) is 11.0. The van der Waals surface area contributed by atoms with Crippen molar-refractivity contribution in [3.63, 3.8) is 0 Å². The Morgan fingerprint density at radius 3 is 2.78 bits per heavy atom. The number of anilines is 2. The van der Waals surface area contributed by atoms with E-state index >= 15 is 0 Å². The first-order chi connectivity index (χ1) is 8.38. The van der Waals surface area contributed by atoms with Crippen LogP contribution in [0.25, 0.3) is 0 Å². The lowest BCUT2D eigenvalue weighted by molar-refractivity contribution is 0.598. The zero-order valence-electron chi connectivity index (χ0n) is 9.46. The quantitative estimate of drug-likeness (QED) is 0.836. The molecule has 1 aromatic heterocycles. The van der Waals surface area contributed by atoms with Crippen molar-refractivity contribution in [2.45, 2.75) is 5.03 Å². The lowest BCUT2D eigenvalue weighted by atomic mass is 10.3. The number of aryl methyl sites for hydroxylation is 1. The van der Waals surface area contributed by atoms with Gasteiger partial charge in [0, 0.05) is 18.9 Å². The van der Waals surface area contributed by atoms with Gasteiger partial charge in [0.2, 0.25) is 0 Å². The van der Waals surface area contributed by atoms with Crippen molar-refractivity contribution in [3.8, 4) is 0 Å². The van der Waals surface area contributed by atoms with Crippen molar-refractivity contribution in [2.75, 3.05) is 10.5 Å². The van der Waals surface area contributed by atoms with Gasteiger partial charge < -0.3 is 10.3 Å². The Morgan fingerprint density at radius 1 is 1.44 bits per heavy atom. The van der Waals surface area contributed by atoms with Crippen LogP contribution in [0.15, 0.2) is 35.7 Å². The fourth-order valence-corrected chi connectivity index (χ4v) is 2.62. The second kappa shape index (κ2) is 4.51. The average Bonchev–Trinajstić information content (AvgIpc) is 2.71. The third kappa shape index (κ3) is 2.57. The molecule has 0 atom stereocenters. The molecule has 2 rings (SSSR count). The van der Waals surface area contributed by atoms with Crippen LogP contribution in [-0.4, -0.2) is 18.0 Å². The minimum absolute atomic E-state index is 0.0801. The average molecular weight is 287 g/mol. The topological polar surface area (TPSA) is 90.0 Å². The van der Waals surface area contributed by atoms with E-state index in [9.17, 15) is 8.42 Å². The number of nitrogens with one attached hydrogen (secondary N) is 1. The maximum atomic E-state index is 12.0. The molecule has 18 heavy (non-hydrogen) atoms. The van der Waals surface area contributed by atoms with Crippen LogP contribution < -0.4 is 10.5 Å². The molecular formula is C10H11ClN4O2S. The molecular weight excluding hydrogens is 276 g/mol. The van der Waals surface area contributed by atoms with Crippen LogP contribution in [0.5, 0.6) is 0 Å². The van der Waals surface area contributed by atoms with E-state index in [4.69, 9.17) is 17.3 Å². The largest absolute Gasteiger partial charge is 0.399 e. The Labute approximate surface area is 109 Å². The summed E-state index contributed by atoms with van der Waals surface area (Å²) in [6.07, 6.45) is 2.79. The molecule has 0 radical (unpaired) electrons. The molecule has 0 spiro atoms. The molecule has 0 saturated carbocycles. The number of sulfonamides is 1. The lowest BCUT2D eigenvalue weighted by Gasteiger charge is -2.08. The van der Waals surface area contributed by atoms with E-state index in [0.29, 0.717) is 5.69 Å². The second-order valence-corrected chi connectivity index (χ2v) is 5.76. The number of nitrogens with two attached hydrogens (primary N) is 1. The van der Waals surface area contributed by atoms with E-state index in [1.807, 2.05) is 0 Å². The molecule has 0 aliphatic heterocycles. The first-order valence-corrected chi connectivity index (χ1v) is 6.80. The van der Waals surface area contributed by atoms with Crippen LogP contribution in [0.3, 0.4) is 0 Å². The van der Waals surface area contributed by atoms with Crippen LogP contribution in [0.4, 0.5) is 11.4 Å². The first kappa shape index (κ1) is 12.7. The number of aromatic nitrogens is 2. The molecule has 0 fully saturated rings. The summed E-state index contributed by atoms with van der Waals surface area (Å²) in [5.41, 5.74) is 6.22. The number of nitrogen functional groups attached to an aromatic ring is 1. The molecule has 8 heteroatoms. The van der Waals surface area contributed by atoms with Gasteiger partial charge in [-0.3, -0.25) is 4.72 Å². The Bertz CT molecular complexity index is 681. The van der Waals surface area contributed by atoms with Gasteiger partial charge in [0.1, 0.15) is 0 Å². The van der Waals surface area contributed by atoms with Gasteiger partial charge in [-0.2, -0.15) is 8.42 Å². The number of hydrogen-bond donors (Lipinski definition) is 2. The molecule has 0 aliphatic carbocycles. The normalized spacial score (nSPS) is 11.4. The summed E-state index contributed by atoms with van der Waals surface area (Å²) in [6, 6.07) is 4.55. The van der Waals surface area contributed by atoms with Crippen molar-refractivity contribution >= 4 is 33.0 Å². The third-order valence-corrected chi connectivity index (χ3v) is 3.77. The van der Waals surface area contributed by atoms with Crippen molar-refractivity contribution in [3.05, 3.63) is 35.7 Å². The van der Waals surface area contributed by atoms with Gasteiger partial charge >= 0.3 is 0 Å². The number of hydrogen-bond acceptors (Lipinski definition) is 4. The molecule has 96 valence electrons. The molecule has 2 aromatic rings. The molecule has 1 heterocycles. The Morgan fingerprint density at radius 2 is 2.17 bits per heavy atom. The maximum Gasteiger partial charge on any atom is 0.280 e. The predicted molar refractivity (Wildman–Crippen MR) is 69.9 cm³/mol. The van der Waals surface area contributed by atoms with Crippen molar-refractivity contribution < 1.29 is 8.42 Å². The van der Waals surface area contributed by atoms with Gasteiger partial charge in [-0.25, -0.2) is 4.98 Å². The van der Waals surface area contributed by atoms with Crippen LogP contribution in [-0.2, 0) is 17.1 Å². The van der Waals surface area contributed by atoms with Crippen LogP contribution in [0.1, 0.15) is 0 Å². The SMILES string of the molecule is Cn1cnc(S(=O)(=O)Nc2cc(N)ccc2Cl)c1. The van der Waals surface area contributed by atoms with Crippen LogP contribution >= 0.6 is 11.6 Å². The highest BCUT2D eigenvalue weighted by Crippen LogP contribution is 2.26.